The third-order valence-electron chi connectivity index (χ3n) is 3.02. The van der Waals surface area contributed by atoms with E-state index < -0.39 is 23.3 Å². The van der Waals surface area contributed by atoms with Crippen molar-refractivity contribution in [1.82, 2.24) is 25.0 Å². The molecule has 0 aliphatic carbocycles. The summed E-state index contributed by atoms with van der Waals surface area (Å²) in [5.41, 5.74) is -1.23. The van der Waals surface area contributed by atoms with Crippen LogP contribution in [0.25, 0.3) is 0 Å². The summed E-state index contributed by atoms with van der Waals surface area (Å²) in [6.45, 7) is 3.12. The zero-order valence-electron chi connectivity index (χ0n) is 11.0. The minimum Gasteiger partial charge on any atom is -0.277 e. The molecule has 2 heterocycles. The first kappa shape index (κ1) is 13.2. The standard InChI is InChI=1S/C11H15N5O3/c1-11(2)8(17)13-10(19)16(9(11)18)5-4-7-12-6-15(3)14-7/h6H,4-5H2,1-3H3,(H,13,17,19). The molecule has 102 valence electrons. The van der Waals surface area contributed by atoms with Gasteiger partial charge in [0.25, 0.3) is 0 Å². The summed E-state index contributed by atoms with van der Waals surface area (Å²) in [4.78, 5) is 40.3. The normalized spacial score (nSPS) is 18.7. The van der Waals surface area contributed by atoms with E-state index in [2.05, 4.69) is 15.4 Å². The van der Waals surface area contributed by atoms with Crippen molar-refractivity contribution in [3.05, 3.63) is 12.2 Å². The number of rotatable bonds is 3. The van der Waals surface area contributed by atoms with Crippen LogP contribution >= 0.6 is 0 Å². The Bertz CT molecular complexity index is 548. The Balaban J connectivity index is 2.09. The second-order valence-electron chi connectivity index (χ2n) is 4.93. The number of hydrogen-bond donors (Lipinski definition) is 1. The number of carbonyl (C=O) groups is 3. The number of amides is 4. The number of urea groups is 1. The van der Waals surface area contributed by atoms with Crippen LogP contribution in [0.2, 0.25) is 0 Å². The second-order valence-corrected chi connectivity index (χ2v) is 4.93. The monoisotopic (exact) mass is 265 g/mol. The molecule has 1 fully saturated rings. The van der Waals surface area contributed by atoms with Crippen LogP contribution in [-0.2, 0) is 23.1 Å². The molecule has 0 atom stereocenters. The molecule has 0 bridgehead atoms. The van der Waals surface area contributed by atoms with Crippen LogP contribution in [0.3, 0.4) is 0 Å². The van der Waals surface area contributed by atoms with Crippen LogP contribution in [0.5, 0.6) is 0 Å². The minimum atomic E-state index is -1.23. The molecule has 19 heavy (non-hydrogen) atoms. The lowest BCUT2D eigenvalue weighted by Crippen LogP contribution is -2.62. The lowest BCUT2D eigenvalue weighted by atomic mass is 9.89. The smallest absolute Gasteiger partial charge is 0.277 e. The molecule has 4 amide bonds. The van der Waals surface area contributed by atoms with E-state index in [0.717, 1.165) is 4.90 Å². The molecular weight excluding hydrogens is 250 g/mol. The molecule has 0 radical (unpaired) electrons. The van der Waals surface area contributed by atoms with Gasteiger partial charge in [0.2, 0.25) is 11.8 Å². The largest absolute Gasteiger partial charge is 0.330 e. The van der Waals surface area contributed by atoms with Crippen molar-refractivity contribution < 1.29 is 14.4 Å². The van der Waals surface area contributed by atoms with Crippen molar-refractivity contribution in [2.75, 3.05) is 6.54 Å². The summed E-state index contributed by atoms with van der Waals surface area (Å²) in [7, 11) is 1.73. The summed E-state index contributed by atoms with van der Waals surface area (Å²) < 4.78 is 1.54. The van der Waals surface area contributed by atoms with Crippen LogP contribution in [0.4, 0.5) is 4.79 Å². The maximum Gasteiger partial charge on any atom is 0.330 e. The molecule has 1 aliphatic rings. The maximum atomic E-state index is 12.1. The van der Waals surface area contributed by atoms with Crippen LogP contribution < -0.4 is 5.32 Å². The number of carbonyl (C=O) groups excluding carboxylic acids is 3. The first-order chi connectivity index (χ1) is 8.82. The van der Waals surface area contributed by atoms with Gasteiger partial charge in [-0.05, 0) is 13.8 Å². The van der Waals surface area contributed by atoms with Gasteiger partial charge < -0.3 is 0 Å². The molecule has 8 heteroatoms. The van der Waals surface area contributed by atoms with E-state index >= 15 is 0 Å². The molecule has 8 nitrogen and oxygen atoms in total. The van der Waals surface area contributed by atoms with E-state index in [-0.39, 0.29) is 6.54 Å². The first-order valence-corrected chi connectivity index (χ1v) is 5.84. The molecule has 0 aromatic carbocycles. The summed E-state index contributed by atoms with van der Waals surface area (Å²) in [5.74, 6) is -0.537. The Hall–Kier alpha value is -2.25. The number of nitrogens with one attached hydrogen (secondary N) is 1. The Kier molecular flexibility index (Phi) is 3.09. The van der Waals surface area contributed by atoms with Crippen LogP contribution in [-0.4, -0.2) is 44.1 Å². The molecule has 1 N–H and O–H groups in total. The summed E-state index contributed by atoms with van der Waals surface area (Å²) >= 11 is 0. The van der Waals surface area contributed by atoms with Gasteiger partial charge in [0.1, 0.15) is 11.7 Å². The third-order valence-corrected chi connectivity index (χ3v) is 3.02. The van der Waals surface area contributed by atoms with Crippen LogP contribution in [0, 0.1) is 5.41 Å². The van der Waals surface area contributed by atoms with Crippen molar-refractivity contribution in [2.45, 2.75) is 20.3 Å². The minimum absolute atomic E-state index is 0.144. The molecule has 0 spiro atoms. The number of barbiturate groups is 1. The lowest BCUT2D eigenvalue weighted by molar-refractivity contribution is -0.148. The number of imide groups is 2. The molecule has 0 saturated carbocycles. The third kappa shape index (κ3) is 2.33. The van der Waals surface area contributed by atoms with E-state index in [0.29, 0.717) is 12.2 Å². The van der Waals surface area contributed by atoms with Crippen LogP contribution in [0.1, 0.15) is 19.7 Å². The molecule has 1 aliphatic heterocycles. The van der Waals surface area contributed by atoms with Crippen molar-refractivity contribution >= 4 is 17.8 Å². The van der Waals surface area contributed by atoms with Gasteiger partial charge in [-0.15, -0.1) is 0 Å². The van der Waals surface area contributed by atoms with E-state index in [1.54, 1.807) is 18.1 Å². The number of aromatic nitrogens is 3. The van der Waals surface area contributed by atoms with Crippen molar-refractivity contribution in [3.63, 3.8) is 0 Å². The molecule has 2 rings (SSSR count). The summed E-state index contributed by atoms with van der Waals surface area (Å²) in [5, 5.41) is 6.24. The van der Waals surface area contributed by atoms with E-state index in [9.17, 15) is 14.4 Å². The fourth-order valence-electron chi connectivity index (χ4n) is 1.76. The van der Waals surface area contributed by atoms with Gasteiger partial charge in [-0.2, -0.15) is 5.10 Å². The van der Waals surface area contributed by atoms with E-state index in [1.807, 2.05) is 0 Å². The number of aryl methyl sites for hydroxylation is 1. The molecular formula is C11H15N5O3. The highest BCUT2D eigenvalue weighted by Crippen LogP contribution is 2.23. The first-order valence-electron chi connectivity index (χ1n) is 5.84. The van der Waals surface area contributed by atoms with Crippen molar-refractivity contribution in [3.8, 4) is 0 Å². The van der Waals surface area contributed by atoms with Gasteiger partial charge in [0.05, 0.1) is 0 Å². The highest BCUT2D eigenvalue weighted by Gasteiger charge is 2.46. The number of hydrogen-bond acceptors (Lipinski definition) is 5. The quantitative estimate of drug-likeness (QED) is 0.740. The van der Waals surface area contributed by atoms with E-state index in [1.165, 1.54) is 13.8 Å². The Morgan fingerprint density at radius 2 is 2.00 bits per heavy atom. The highest BCUT2D eigenvalue weighted by atomic mass is 16.2. The van der Waals surface area contributed by atoms with Gasteiger partial charge in [0.15, 0.2) is 5.82 Å². The fraction of sp³-hybridized carbons (Fsp3) is 0.545. The Morgan fingerprint density at radius 1 is 1.32 bits per heavy atom. The highest BCUT2D eigenvalue weighted by molar-refractivity contribution is 6.18. The summed E-state index contributed by atoms with van der Waals surface area (Å²) in [6, 6.07) is -0.690. The zero-order chi connectivity index (χ0) is 14.2. The van der Waals surface area contributed by atoms with Gasteiger partial charge in [-0.25, -0.2) is 9.78 Å². The Labute approximate surface area is 109 Å². The predicted molar refractivity (Wildman–Crippen MR) is 63.7 cm³/mol. The molecule has 1 saturated heterocycles. The maximum absolute atomic E-state index is 12.1. The number of nitrogens with zero attached hydrogens (tertiary/aromatic N) is 4. The fourth-order valence-corrected chi connectivity index (χ4v) is 1.76. The predicted octanol–water partition coefficient (Wildman–Crippen LogP) is -0.538. The second kappa shape index (κ2) is 4.45. The van der Waals surface area contributed by atoms with E-state index in [4.69, 9.17) is 0 Å². The summed E-state index contributed by atoms with van der Waals surface area (Å²) in [6.07, 6.45) is 1.89. The average molecular weight is 265 g/mol. The average Bonchev–Trinajstić information content (AvgIpc) is 2.73. The van der Waals surface area contributed by atoms with Crippen molar-refractivity contribution in [2.24, 2.45) is 12.5 Å². The van der Waals surface area contributed by atoms with Gasteiger partial charge in [-0.3, -0.25) is 24.5 Å². The van der Waals surface area contributed by atoms with Crippen molar-refractivity contribution in [1.29, 1.82) is 0 Å². The molecule has 1 aromatic heterocycles. The topological polar surface area (TPSA) is 97.2 Å². The molecule has 1 aromatic rings. The van der Waals surface area contributed by atoms with Gasteiger partial charge in [0, 0.05) is 20.0 Å². The zero-order valence-corrected chi connectivity index (χ0v) is 11.0. The van der Waals surface area contributed by atoms with Crippen LogP contribution in [0.15, 0.2) is 6.33 Å². The molecule has 0 unspecified atom stereocenters. The van der Waals surface area contributed by atoms with Gasteiger partial charge >= 0.3 is 6.03 Å². The Morgan fingerprint density at radius 3 is 2.58 bits per heavy atom. The SMILES string of the molecule is Cn1cnc(CCN2C(=O)NC(=O)C(C)(C)C2=O)n1. The lowest BCUT2D eigenvalue weighted by Gasteiger charge is -2.34. The van der Waals surface area contributed by atoms with Gasteiger partial charge in [-0.1, -0.05) is 0 Å².